The first kappa shape index (κ1) is 23.2. The van der Waals surface area contributed by atoms with Crippen LogP contribution in [0.1, 0.15) is 53.5 Å². The largest absolute Gasteiger partial charge is 0.351 e. The number of aromatic nitrogens is 2. The van der Waals surface area contributed by atoms with Gasteiger partial charge in [-0.05, 0) is 50.6 Å². The number of carbonyl (C=O) groups excluding carboxylic acids is 1. The molecule has 1 atom stereocenters. The minimum Gasteiger partial charge on any atom is -0.351 e. The standard InChI is InChI=1S/C26H31N5O/c1-5-30(20(3)24-13-11-22(15-27)12-14-24)18-26(32)28-16-25-19(2)29-31(21(25)4)17-23-9-7-6-8-10-23/h6-14,20H,5,16-18H2,1-4H3,(H,28,32). The van der Waals surface area contributed by atoms with Gasteiger partial charge in [0.2, 0.25) is 5.91 Å². The van der Waals surface area contributed by atoms with E-state index >= 15 is 0 Å². The summed E-state index contributed by atoms with van der Waals surface area (Å²) in [7, 11) is 0. The van der Waals surface area contributed by atoms with Crippen molar-refractivity contribution >= 4 is 5.91 Å². The molecule has 0 aliphatic rings. The second-order valence-electron chi connectivity index (χ2n) is 8.04. The SMILES string of the molecule is CCN(CC(=O)NCc1c(C)nn(Cc2ccccc2)c1C)C(C)c1ccc(C#N)cc1. The van der Waals surface area contributed by atoms with E-state index in [4.69, 9.17) is 5.26 Å². The third-order valence-electron chi connectivity index (χ3n) is 5.99. The van der Waals surface area contributed by atoms with E-state index in [-0.39, 0.29) is 11.9 Å². The van der Waals surface area contributed by atoms with Crippen LogP contribution in [-0.2, 0) is 17.9 Å². The predicted octanol–water partition coefficient (Wildman–Crippen LogP) is 4.12. The summed E-state index contributed by atoms with van der Waals surface area (Å²) in [6, 6.07) is 20.0. The molecule has 0 aliphatic heterocycles. The van der Waals surface area contributed by atoms with Crippen molar-refractivity contribution in [3.05, 3.63) is 88.2 Å². The van der Waals surface area contributed by atoms with Crippen LogP contribution in [0.5, 0.6) is 0 Å². The van der Waals surface area contributed by atoms with Crippen LogP contribution in [0.25, 0.3) is 0 Å². The molecule has 0 saturated carbocycles. The van der Waals surface area contributed by atoms with E-state index in [1.165, 1.54) is 5.56 Å². The zero-order valence-electron chi connectivity index (χ0n) is 19.3. The molecule has 6 heteroatoms. The number of hydrogen-bond acceptors (Lipinski definition) is 4. The number of benzene rings is 2. The molecule has 2 aromatic carbocycles. The van der Waals surface area contributed by atoms with E-state index in [1.807, 2.05) is 54.1 Å². The maximum atomic E-state index is 12.7. The maximum Gasteiger partial charge on any atom is 0.234 e. The minimum atomic E-state index is -0.0121. The minimum absolute atomic E-state index is 0.0121. The lowest BCUT2D eigenvalue weighted by Gasteiger charge is -2.27. The Kier molecular flexibility index (Phi) is 7.80. The van der Waals surface area contributed by atoms with Gasteiger partial charge in [-0.1, -0.05) is 49.4 Å². The summed E-state index contributed by atoms with van der Waals surface area (Å²) in [6.45, 7) is 10.4. The molecule has 0 aliphatic carbocycles. The number of likely N-dealkylation sites (N-methyl/N-ethyl adjacent to an activating group) is 1. The number of aryl methyl sites for hydroxylation is 1. The molecule has 0 spiro atoms. The Morgan fingerprint density at radius 2 is 1.84 bits per heavy atom. The molecule has 0 fully saturated rings. The zero-order valence-corrected chi connectivity index (χ0v) is 19.3. The Morgan fingerprint density at radius 1 is 1.16 bits per heavy atom. The van der Waals surface area contributed by atoms with E-state index < -0.39 is 0 Å². The van der Waals surface area contributed by atoms with Gasteiger partial charge in [0.1, 0.15) is 0 Å². The fourth-order valence-electron chi connectivity index (χ4n) is 3.90. The Balaban J connectivity index is 1.60. The van der Waals surface area contributed by atoms with Gasteiger partial charge in [0.25, 0.3) is 0 Å². The van der Waals surface area contributed by atoms with Gasteiger partial charge in [0, 0.05) is 23.8 Å². The van der Waals surface area contributed by atoms with Gasteiger partial charge in [-0.25, -0.2) is 0 Å². The van der Waals surface area contributed by atoms with Gasteiger partial charge in [0.15, 0.2) is 0 Å². The fraction of sp³-hybridized carbons (Fsp3) is 0.346. The Bertz CT molecular complexity index is 1080. The first-order valence-corrected chi connectivity index (χ1v) is 11.0. The van der Waals surface area contributed by atoms with Crippen LogP contribution >= 0.6 is 0 Å². The zero-order chi connectivity index (χ0) is 23.1. The third kappa shape index (κ3) is 5.63. The summed E-state index contributed by atoms with van der Waals surface area (Å²) >= 11 is 0. The molecular weight excluding hydrogens is 398 g/mol. The maximum absolute atomic E-state index is 12.7. The van der Waals surface area contributed by atoms with E-state index in [9.17, 15) is 4.79 Å². The topological polar surface area (TPSA) is 74.0 Å². The molecule has 0 radical (unpaired) electrons. The van der Waals surface area contributed by atoms with Gasteiger partial charge < -0.3 is 5.32 Å². The lowest BCUT2D eigenvalue weighted by molar-refractivity contribution is -0.122. The van der Waals surface area contributed by atoms with Crippen molar-refractivity contribution in [3.8, 4) is 6.07 Å². The second kappa shape index (κ2) is 10.7. The van der Waals surface area contributed by atoms with Crippen LogP contribution < -0.4 is 5.32 Å². The molecule has 3 aromatic rings. The molecule has 1 heterocycles. The van der Waals surface area contributed by atoms with Crippen molar-refractivity contribution in [2.75, 3.05) is 13.1 Å². The number of hydrogen-bond donors (Lipinski definition) is 1. The van der Waals surface area contributed by atoms with Crippen molar-refractivity contribution in [3.63, 3.8) is 0 Å². The summed E-state index contributed by atoms with van der Waals surface area (Å²) in [5.41, 5.74) is 6.01. The normalized spacial score (nSPS) is 11.9. The number of rotatable bonds is 9. The summed E-state index contributed by atoms with van der Waals surface area (Å²) in [5.74, 6) is -0.0121. The Morgan fingerprint density at radius 3 is 2.47 bits per heavy atom. The average molecular weight is 430 g/mol. The summed E-state index contributed by atoms with van der Waals surface area (Å²) in [5, 5.41) is 16.7. The van der Waals surface area contributed by atoms with Gasteiger partial charge in [0.05, 0.1) is 30.4 Å². The van der Waals surface area contributed by atoms with Crippen LogP contribution in [0.4, 0.5) is 0 Å². The molecule has 32 heavy (non-hydrogen) atoms. The highest BCUT2D eigenvalue weighted by molar-refractivity contribution is 5.78. The molecule has 1 aromatic heterocycles. The lowest BCUT2D eigenvalue weighted by Crippen LogP contribution is -2.38. The molecule has 6 nitrogen and oxygen atoms in total. The van der Waals surface area contributed by atoms with Crippen LogP contribution in [-0.4, -0.2) is 33.7 Å². The van der Waals surface area contributed by atoms with Crippen molar-refractivity contribution in [1.29, 1.82) is 5.26 Å². The number of nitrogens with one attached hydrogen (secondary N) is 1. The van der Waals surface area contributed by atoms with Crippen LogP contribution in [0.2, 0.25) is 0 Å². The average Bonchev–Trinajstić information content (AvgIpc) is 3.08. The Labute approximate surface area is 190 Å². The number of nitriles is 1. The number of amides is 1. The summed E-state index contributed by atoms with van der Waals surface area (Å²) < 4.78 is 2.00. The molecule has 1 N–H and O–H groups in total. The van der Waals surface area contributed by atoms with Crippen LogP contribution in [0.15, 0.2) is 54.6 Å². The van der Waals surface area contributed by atoms with Gasteiger partial charge in [-0.2, -0.15) is 10.4 Å². The quantitative estimate of drug-likeness (QED) is 0.555. The first-order chi connectivity index (χ1) is 15.4. The fourth-order valence-corrected chi connectivity index (χ4v) is 3.90. The number of carbonyl (C=O) groups is 1. The lowest BCUT2D eigenvalue weighted by atomic mass is 10.0. The monoisotopic (exact) mass is 429 g/mol. The van der Waals surface area contributed by atoms with Crippen LogP contribution in [0, 0.1) is 25.2 Å². The highest BCUT2D eigenvalue weighted by Crippen LogP contribution is 2.20. The second-order valence-corrected chi connectivity index (χ2v) is 8.04. The molecule has 0 saturated heterocycles. The van der Waals surface area contributed by atoms with E-state index in [1.54, 1.807) is 0 Å². The van der Waals surface area contributed by atoms with E-state index in [2.05, 4.69) is 54.3 Å². The molecule has 3 rings (SSSR count). The summed E-state index contributed by atoms with van der Waals surface area (Å²) in [4.78, 5) is 14.8. The molecule has 166 valence electrons. The highest BCUT2D eigenvalue weighted by Gasteiger charge is 2.18. The third-order valence-corrected chi connectivity index (χ3v) is 5.99. The predicted molar refractivity (Wildman–Crippen MR) is 126 cm³/mol. The Hall–Kier alpha value is -3.43. The first-order valence-electron chi connectivity index (χ1n) is 11.0. The summed E-state index contributed by atoms with van der Waals surface area (Å²) in [6.07, 6.45) is 0. The van der Waals surface area contributed by atoms with E-state index in [0.717, 1.165) is 29.1 Å². The smallest absolute Gasteiger partial charge is 0.234 e. The van der Waals surface area contributed by atoms with Crippen LogP contribution in [0.3, 0.4) is 0 Å². The molecular formula is C26H31N5O. The number of nitrogens with zero attached hydrogens (tertiary/aromatic N) is 4. The van der Waals surface area contributed by atoms with Crippen molar-refractivity contribution in [1.82, 2.24) is 20.0 Å². The van der Waals surface area contributed by atoms with Crippen molar-refractivity contribution in [2.24, 2.45) is 0 Å². The molecule has 1 amide bonds. The van der Waals surface area contributed by atoms with Gasteiger partial charge >= 0.3 is 0 Å². The van der Waals surface area contributed by atoms with Crippen molar-refractivity contribution < 1.29 is 4.79 Å². The van der Waals surface area contributed by atoms with E-state index in [0.29, 0.717) is 25.2 Å². The van der Waals surface area contributed by atoms with Crippen molar-refractivity contribution in [2.45, 2.75) is 46.8 Å². The van der Waals surface area contributed by atoms with Gasteiger partial charge in [-0.15, -0.1) is 0 Å². The highest BCUT2D eigenvalue weighted by atomic mass is 16.2. The van der Waals surface area contributed by atoms with Gasteiger partial charge in [-0.3, -0.25) is 14.4 Å². The molecule has 1 unspecified atom stereocenters. The molecule has 0 bridgehead atoms.